The summed E-state index contributed by atoms with van der Waals surface area (Å²) in [6.07, 6.45) is 0.559. The number of fused-ring (bicyclic) bond motifs is 3. The number of benzene rings is 2. The fourth-order valence-electron chi connectivity index (χ4n) is 2.84. The van der Waals surface area contributed by atoms with Gasteiger partial charge in [0, 0.05) is 29.3 Å². The van der Waals surface area contributed by atoms with Crippen molar-refractivity contribution in [2.75, 3.05) is 19.6 Å². The first-order valence-electron chi connectivity index (χ1n) is 7.89. The van der Waals surface area contributed by atoms with Gasteiger partial charge in [0.25, 0.3) is 0 Å². The molecule has 0 aliphatic rings. The van der Waals surface area contributed by atoms with Crippen LogP contribution in [0.3, 0.4) is 0 Å². The van der Waals surface area contributed by atoms with Crippen molar-refractivity contribution in [2.24, 2.45) is 0 Å². The second-order valence-corrected chi connectivity index (χ2v) is 5.51. The lowest BCUT2D eigenvalue weighted by molar-refractivity contribution is 0.0966. The van der Waals surface area contributed by atoms with Crippen molar-refractivity contribution in [1.82, 2.24) is 4.90 Å². The van der Waals surface area contributed by atoms with Gasteiger partial charge in [-0.1, -0.05) is 32.0 Å². The number of nitrogens with zero attached hydrogens (tertiary/aromatic N) is 1. The van der Waals surface area contributed by atoms with E-state index >= 15 is 0 Å². The molecule has 0 fully saturated rings. The number of hydrogen-bond donors (Lipinski definition) is 0. The van der Waals surface area contributed by atoms with Crippen LogP contribution in [-0.2, 0) is 0 Å². The number of carbonyl (C=O) groups excluding carboxylic acids is 1. The molecule has 0 saturated carbocycles. The van der Waals surface area contributed by atoms with E-state index in [4.69, 9.17) is 4.42 Å². The lowest BCUT2D eigenvalue weighted by Crippen LogP contribution is -2.25. The number of carbonyl (C=O) groups is 1. The second kappa shape index (κ2) is 6.32. The van der Waals surface area contributed by atoms with Crippen LogP contribution in [0.2, 0.25) is 0 Å². The average molecular weight is 295 g/mol. The molecule has 0 N–H and O–H groups in total. The summed E-state index contributed by atoms with van der Waals surface area (Å²) < 4.78 is 5.80. The number of rotatable bonds is 6. The van der Waals surface area contributed by atoms with Crippen LogP contribution in [0.1, 0.15) is 30.6 Å². The lowest BCUT2D eigenvalue weighted by Gasteiger charge is -2.17. The molecule has 0 saturated heterocycles. The first-order chi connectivity index (χ1) is 10.7. The van der Waals surface area contributed by atoms with Gasteiger partial charge in [-0.25, -0.2) is 0 Å². The standard InChI is InChI=1S/C19H21NO2/c1-3-20(4-2)12-11-17(21)14-9-10-19-16(13-14)15-7-5-6-8-18(15)22-19/h5-10,13H,3-4,11-12H2,1-2H3. The van der Waals surface area contributed by atoms with Crippen molar-refractivity contribution in [3.05, 3.63) is 48.0 Å². The molecule has 0 unspecified atom stereocenters. The summed E-state index contributed by atoms with van der Waals surface area (Å²) in [6, 6.07) is 13.7. The zero-order valence-electron chi connectivity index (χ0n) is 13.1. The Balaban J connectivity index is 1.88. The molecular weight excluding hydrogens is 274 g/mol. The SMILES string of the molecule is CCN(CC)CCC(=O)c1ccc2oc3ccccc3c2c1. The first-order valence-corrected chi connectivity index (χ1v) is 7.89. The van der Waals surface area contributed by atoms with Crippen LogP contribution in [0, 0.1) is 0 Å². The summed E-state index contributed by atoms with van der Waals surface area (Å²) >= 11 is 0. The van der Waals surface area contributed by atoms with Crippen molar-refractivity contribution in [2.45, 2.75) is 20.3 Å². The summed E-state index contributed by atoms with van der Waals surface area (Å²) in [6.45, 7) is 7.02. The molecule has 0 spiro atoms. The highest BCUT2D eigenvalue weighted by atomic mass is 16.3. The van der Waals surface area contributed by atoms with Gasteiger partial charge in [-0.05, 0) is 37.4 Å². The maximum absolute atomic E-state index is 12.4. The van der Waals surface area contributed by atoms with Crippen LogP contribution >= 0.6 is 0 Å². The van der Waals surface area contributed by atoms with Gasteiger partial charge in [0.15, 0.2) is 5.78 Å². The Bertz CT molecular complexity index is 799. The van der Waals surface area contributed by atoms with Gasteiger partial charge in [0.2, 0.25) is 0 Å². The Morgan fingerprint density at radius 2 is 1.73 bits per heavy atom. The molecule has 1 aromatic heterocycles. The molecule has 0 atom stereocenters. The van der Waals surface area contributed by atoms with Crippen LogP contribution in [0.25, 0.3) is 21.9 Å². The molecule has 3 rings (SSSR count). The van der Waals surface area contributed by atoms with Gasteiger partial charge in [0.1, 0.15) is 11.2 Å². The van der Waals surface area contributed by atoms with E-state index in [1.807, 2.05) is 42.5 Å². The van der Waals surface area contributed by atoms with Gasteiger partial charge in [-0.3, -0.25) is 4.79 Å². The molecule has 114 valence electrons. The Morgan fingerprint density at radius 3 is 2.50 bits per heavy atom. The van der Waals surface area contributed by atoms with Gasteiger partial charge in [-0.15, -0.1) is 0 Å². The van der Waals surface area contributed by atoms with E-state index in [0.717, 1.165) is 47.1 Å². The molecule has 22 heavy (non-hydrogen) atoms. The Labute approximate surface area is 130 Å². The predicted octanol–water partition coefficient (Wildman–Crippen LogP) is 4.50. The van der Waals surface area contributed by atoms with E-state index < -0.39 is 0 Å². The molecule has 1 heterocycles. The normalized spacial score (nSPS) is 11.6. The van der Waals surface area contributed by atoms with Crippen LogP contribution in [0.5, 0.6) is 0 Å². The summed E-state index contributed by atoms with van der Waals surface area (Å²) in [5, 5.41) is 2.08. The lowest BCUT2D eigenvalue weighted by atomic mass is 10.0. The number of Topliss-reactive ketones (excluding diaryl/α,β-unsaturated/α-hetero) is 1. The van der Waals surface area contributed by atoms with Crippen molar-refractivity contribution in [1.29, 1.82) is 0 Å². The Morgan fingerprint density at radius 1 is 1.00 bits per heavy atom. The summed E-state index contributed by atoms with van der Waals surface area (Å²) in [7, 11) is 0. The molecule has 0 amide bonds. The smallest absolute Gasteiger partial charge is 0.164 e. The largest absolute Gasteiger partial charge is 0.456 e. The van der Waals surface area contributed by atoms with E-state index in [-0.39, 0.29) is 5.78 Å². The summed E-state index contributed by atoms with van der Waals surface area (Å²) in [4.78, 5) is 14.7. The van der Waals surface area contributed by atoms with Crippen LogP contribution in [-0.4, -0.2) is 30.3 Å². The van der Waals surface area contributed by atoms with Crippen molar-refractivity contribution in [3.8, 4) is 0 Å². The van der Waals surface area contributed by atoms with E-state index in [1.54, 1.807) is 0 Å². The predicted molar refractivity (Wildman–Crippen MR) is 90.5 cm³/mol. The number of para-hydroxylation sites is 1. The fraction of sp³-hybridized carbons (Fsp3) is 0.316. The second-order valence-electron chi connectivity index (χ2n) is 5.51. The highest BCUT2D eigenvalue weighted by Gasteiger charge is 2.12. The molecule has 0 aliphatic heterocycles. The third-order valence-corrected chi connectivity index (χ3v) is 4.25. The number of furan rings is 1. The molecule has 2 aromatic carbocycles. The fourth-order valence-corrected chi connectivity index (χ4v) is 2.84. The van der Waals surface area contributed by atoms with Gasteiger partial charge in [-0.2, -0.15) is 0 Å². The third kappa shape index (κ3) is 2.77. The summed E-state index contributed by atoms with van der Waals surface area (Å²) in [5.41, 5.74) is 2.47. The maximum Gasteiger partial charge on any atom is 0.164 e. The molecule has 0 aliphatic carbocycles. The van der Waals surface area contributed by atoms with Gasteiger partial charge in [0.05, 0.1) is 0 Å². The Hall–Kier alpha value is -2.13. The molecule has 3 nitrogen and oxygen atoms in total. The minimum atomic E-state index is 0.194. The van der Waals surface area contributed by atoms with E-state index in [1.165, 1.54) is 0 Å². The summed E-state index contributed by atoms with van der Waals surface area (Å²) in [5.74, 6) is 0.194. The zero-order valence-corrected chi connectivity index (χ0v) is 13.1. The van der Waals surface area contributed by atoms with Crippen molar-refractivity contribution in [3.63, 3.8) is 0 Å². The zero-order chi connectivity index (χ0) is 15.5. The monoisotopic (exact) mass is 295 g/mol. The van der Waals surface area contributed by atoms with Gasteiger partial charge < -0.3 is 9.32 Å². The molecule has 0 bridgehead atoms. The molecule has 3 heteroatoms. The van der Waals surface area contributed by atoms with Crippen molar-refractivity contribution < 1.29 is 9.21 Å². The highest BCUT2D eigenvalue weighted by Crippen LogP contribution is 2.29. The van der Waals surface area contributed by atoms with Crippen LogP contribution in [0.15, 0.2) is 46.9 Å². The average Bonchev–Trinajstić information content (AvgIpc) is 2.93. The maximum atomic E-state index is 12.4. The van der Waals surface area contributed by atoms with E-state index in [0.29, 0.717) is 6.42 Å². The minimum Gasteiger partial charge on any atom is -0.456 e. The molecule has 3 aromatic rings. The van der Waals surface area contributed by atoms with Crippen molar-refractivity contribution >= 4 is 27.7 Å². The van der Waals surface area contributed by atoms with Crippen LogP contribution < -0.4 is 0 Å². The van der Waals surface area contributed by atoms with Crippen LogP contribution in [0.4, 0.5) is 0 Å². The van der Waals surface area contributed by atoms with E-state index in [2.05, 4.69) is 18.7 Å². The quantitative estimate of drug-likeness (QED) is 0.628. The molecule has 0 radical (unpaired) electrons. The topological polar surface area (TPSA) is 33.5 Å². The minimum absolute atomic E-state index is 0.194. The van der Waals surface area contributed by atoms with Gasteiger partial charge >= 0.3 is 0 Å². The van der Waals surface area contributed by atoms with E-state index in [9.17, 15) is 4.79 Å². The molecular formula is C19H21NO2. The highest BCUT2D eigenvalue weighted by molar-refractivity contribution is 6.08. The number of ketones is 1. The first kappa shape index (κ1) is 14.8. The third-order valence-electron chi connectivity index (χ3n) is 4.25. The Kier molecular flexibility index (Phi) is 4.25. The number of hydrogen-bond acceptors (Lipinski definition) is 3.